The van der Waals surface area contributed by atoms with Gasteiger partial charge in [0.1, 0.15) is 11.3 Å². The van der Waals surface area contributed by atoms with Gasteiger partial charge in [0.15, 0.2) is 5.65 Å². The smallest absolute Gasteiger partial charge is 0.341 e. The van der Waals surface area contributed by atoms with Crippen LogP contribution in [0, 0.1) is 0 Å². The first-order chi connectivity index (χ1) is 15.0. The van der Waals surface area contributed by atoms with Crippen LogP contribution in [0.4, 0.5) is 16.2 Å². The Bertz CT molecular complexity index is 1300. The van der Waals surface area contributed by atoms with Crippen molar-refractivity contribution in [1.29, 1.82) is 0 Å². The molecule has 3 N–H and O–H groups in total. The van der Waals surface area contributed by atoms with E-state index in [1.54, 1.807) is 42.5 Å². The monoisotopic (exact) mass is 437 g/mol. The lowest BCUT2D eigenvalue weighted by Crippen LogP contribution is -2.19. The van der Waals surface area contributed by atoms with Gasteiger partial charge in [0.2, 0.25) is 0 Å². The highest BCUT2D eigenvalue weighted by Crippen LogP contribution is 2.28. The number of aromatic nitrogens is 3. The molecule has 0 radical (unpaired) electrons. The predicted molar refractivity (Wildman–Crippen MR) is 116 cm³/mol. The average Bonchev–Trinajstić information content (AvgIpc) is 3.18. The van der Waals surface area contributed by atoms with Crippen LogP contribution >= 0.6 is 11.6 Å². The van der Waals surface area contributed by atoms with Crippen LogP contribution in [-0.2, 0) is 0 Å². The molecule has 2 heterocycles. The van der Waals surface area contributed by atoms with E-state index in [1.165, 1.54) is 24.0 Å². The van der Waals surface area contributed by atoms with Crippen LogP contribution in [0.1, 0.15) is 10.4 Å². The lowest BCUT2D eigenvalue weighted by molar-refractivity contribution is 0.0698. The number of ether oxygens (including phenoxy) is 1. The summed E-state index contributed by atoms with van der Waals surface area (Å²) in [6, 6.07) is 13.2. The van der Waals surface area contributed by atoms with Crippen molar-refractivity contribution in [2.75, 3.05) is 17.7 Å². The highest BCUT2D eigenvalue weighted by atomic mass is 35.5. The Labute approximate surface area is 181 Å². The Hall–Kier alpha value is -4.11. The summed E-state index contributed by atoms with van der Waals surface area (Å²) in [5.74, 6) is -0.598. The quantitative estimate of drug-likeness (QED) is 0.426. The number of carboxylic acids is 1. The number of nitrogens with one attached hydrogen (secondary N) is 2. The van der Waals surface area contributed by atoms with Gasteiger partial charge in [-0.15, -0.1) is 0 Å². The SMILES string of the molecule is COc1ccc(NC(=O)Nc2cccc(-c3ccnc4c(C(=O)O)cnn34)c2)cc1Cl. The molecule has 10 heteroatoms. The number of carbonyl (C=O) groups excluding carboxylic acids is 1. The number of aromatic carboxylic acids is 1. The number of rotatable bonds is 5. The molecule has 0 bridgehead atoms. The van der Waals surface area contributed by atoms with Crippen LogP contribution < -0.4 is 15.4 Å². The number of carbonyl (C=O) groups is 2. The maximum Gasteiger partial charge on any atom is 0.341 e. The number of carboxylic acid groups (broad SMARTS) is 1. The van der Waals surface area contributed by atoms with Gasteiger partial charge in [0.25, 0.3) is 0 Å². The number of hydrogen-bond acceptors (Lipinski definition) is 5. The molecule has 0 aliphatic rings. The fraction of sp³-hybridized carbons (Fsp3) is 0.0476. The maximum atomic E-state index is 12.4. The van der Waals surface area contributed by atoms with Gasteiger partial charge in [-0.25, -0.2) is 19.1 Å². The molecule has 31 heavy (non-hydrogen) atoms. The van der Waals surface area contributed by atoms with Crippen molar-refractivity contribution in [1.82, 2.24) is 14.6 Å². The fourth-order valence-corrected chi connectivity index (χ4v) is 3.31. The van der Waals surface area contributed by atoms with Crippen molar-refractivity contribution < 1.29 is 19.4 Å². The lowest BCUT2D eigenvalue weighted by atomic mass is 10.1. The van der Waals surface area contributed by atoms with Crippen LogP contribution in [0.2, 0.25) is 5.02 Å². The zero-order chi connectivity index (χ0) is 22.0. The van der Waals surface area contributed by atoms with Crippen LogP contribution in [0.25, 0.3) is 16.9 Å². The highest BCUT2D eigenvalue weighted by molar-refractivity contribution is 6.32. The van der Waals surface area contributed by atoms with Gasteiger partial charge in [0, 0.05) is 23.1 Å². The second-order valence-corrected chi connectivity index (χ2v) is 6.85. The first kappa shape index (κ1) is 20.2. The zero-order valence-electron chi connectivity index (χ0n) is 16.2. The summed E-state index contributed by atoms with van der Waals surface area (Å²) in [6.07, 6.45) is 2.77. The number of urea groups is 1. The van der Waals surface area contributed by atoms with E-state index in [-0.39, 0.29) is 11.2 Å². The number of hydrogen-bond donors (Lipinski definition) is 3. The topological polar surface area (TPSA) is 118 Å². The summed E-state index contributed by atoms with van der Waals surface area (Å²) in [7, 11) is 1.51. The number of nitrogens with zero attached hydrogens (tertiary/aromatic N) is 3. The summed E-state index contributed by atoms with van der Waals surface area (Å²) in [6.45, 7) is 0. The van der Waals surface area contributed by atoms with Gasteiger partial charge >= 0.3 is 12.0 Å². The molecular formula is C21H16ClN5O4. The van der Waals surface area contributed by atoms with Gasteiger partial charge in [-0.2, -0.15) is 5.10 Å². The first-order valence-corrected chi connectivity index (χ1v) is 9.42. The molecule has 0 fully saturated rings. The zero-order valence-corrected chi connectivity index (χ0v) is 16.9. The number of halogens is 1. The third kappa shape index (κ3) is 4.12. The van der Waals surface area contributed by atoms with Crippen LogP contribution in [0.3, 0.4) is 0 Å². The second-order valence-electron chi connectivity index (χ2n) is 6.44. The number of amides is 2. The molecule has 0 atom stereocenters. The summed E-state index contributed by atoms with van der Waals surface area (Å²) < 4.78 is 6.54. The van der Waals surface area contributed by atoms with Crippen molar-refractivity contribution in [3.8, 4) is 17.0 Å². The van der Waals surface area contributed by atoms with E-state index < -0.39 is 12.0 Å². The molecule has 4 rings (SSSR count). The predicted octanol–water partition coefficient (Wildman–Crippen LogP) is 4.40. The lowest BCUT2D eigenvalue weighted by Gasteiger charge is -2.11. The molecule has 4 aromatic rings. The molecule has 0 saturated carbocycles. The number of anilines is 2. The largest absolute Gasteiger partial charge is 0.495 e. The Kier molecular flexibility index (Phi) is 5.42. The average molecular weight is 438 g/mol. The fourth-order valence-electron chi connectivity index (χ4n) is 3.05. The molecule has 0 saturated heterocycles. The van der Waals surface area contributed by atoms with Crippen LogP contribution in [0.15, 0.2) is 60.9 Å². The standard InChI is InChI=1S/C21H16ClN5O4/c1-31-18-6-5-14(10-16(18)22)26-21(30)25-13-4-2-3-12(9-13)17-7-8-23-19-15(20(28)29)11-24-27(17)19/h2-11H,1H3,(H,28,29)(H2,25,26,30). The van der Waals surface area contributed by atoms with Crippen molar-refractivity contribution in [2.24, 2.45) is 0 Å². The number of benzene rings is 2. The molecule has 2 aromatic heterocycles. The van der Waals surface area contributed by atoms with Crippen molar-refractivity contribution >= 4 is 40.6 Å². The minimum atomic E-state index is -1.11. The Balaban J connectivity index is 1.56. The van der Waals surface area contributed by atoms with Gasteiger partial charge < -0.3 is 20.5 Å². The van der Waals surface area contributed by atoms with Gasteiger partial charge in [-0.1, -0.05) is 23.7 Å². The third-order valence-electron chi connectivity index (χ3n) is 4.46. The van der Waals surface area contributed by atoms with E-state index in [1.807, 2.05) is 6.07 Å². The van der Waals surface area contributed by atoms with Crippen molar-refractivity contribution in [3.63, 3.8) is 0 Å². The van der Waals surface area contributed by atoms with E-state index in [4.69, 9.17) is 16.3 Å². The summed E-state index contributed by atoms with van der Waals surface area (Å²) in [4.78, 5) is 27.8. The van der Waals surface area contributed by atoms with E-state index >= 15 is 0 Å². The molecule has 156 valence electrons. The first-order valence-electron chi connectivity index (χ1n) is 9.04. The van der Waals surface area contributed by atoms with Gasteiger partial charge in [-0.3, -0.25) is 0 Å². The van der Waals surface area contributed by atoms with E-state index in [9.17, 15) is 14.7 Å². The summed E-state index contributed by atoms with van der Waals surface area (Å²) in [5, 5.41) is 19.3. The van der Waals surface area contributed by atoms with Crippen molar-refractivity contribution in [3.05, 3.63) is 71.5 Å². The minimum Gasteiger partial charge on any atom is -0.495 e. The Morgan fingerprint density at radius 2 is 1.87 bits per heavy atom. The third-order valence-corrected chi connectivity index (χ3v) is 4.75. The Morgan fingerprint density at radius 1 is 1.10 bits per heavy atom. The molecule has 9 nitrogen and oxygen atoms in total. The van der Waals surface area contributed by atoms with E-state index in [0.29, 0.717) is 27.8 Å². The number of methoxy groups -OCH3 is 1. The molecular weight excluding hydrogens is 422 g/mol. The van der Waals surface area contributed by atoms with Gasteiger partial charge in [0.05, 0.1) is 24.0 Å². The second kappa shape index (κ2) is 8.33. The molecule has 0 spiro atoms. The summed E-state index contributed by atoms with van der Waals surface area (Å²) in [5.41, 5.74) is 2.63. The number of fused-ring (bicyclic) bond motifs is 1. The molecule has 0 unspecified atom stereocenters. The van der Waals surface area contributed by atoms with Gasteiger partial charge in [-0.05, 0) is 36.4 Å². The molecule has 0 aliphatic carbocycles. The Morgan fingerprint density at radius 3 is 2.58 bits per heavy atom. The molecule has 2 amide bonds. The minimum absolute atomic E-state index is 0.00802. The van der Waals surface area contributed by atoms with Crippen molar-refractivity contribution in [2.45, 2.75) is 0 Å². The van der Waals surface area contributed by atoms with E-state index in [2.05, 4.69) is 20.7 Å². The van der Waals surface area contributed by atoms with Crippen LogP contribution in [0.5, 0.6) is 5.75 Å². The molecule has 0 aliphatic heterocycles. The normalized spacial score (nSPS) is 10.6. The highest BCUT2D eigenvalue weighted by Gasteiger charge is 2.15. The van der Waals surface area contributed by atoms with Crippen LogP contribution in [-0.4, -0.2) is 38.8 Å². The molecule has 2 aromatic carbocycles. The summed E-state index contributed by atoms with van der Waals surface area (Å²) >= 11 is 6.08. The van der Waals surface area contributed by atoms with E-state index in [0.717, 1.165) is 5.56 Å². The maximum absolute atomic E-state index is 12.4.